The summed E-state index contributed by atoms with van der Waals surface area (Å²) < 4.78 is 0.710. The van der Waals surface area contributed by atoms with E-state index >= 15 is 0 Å². The van der Waals surface area contributed by atoms with Crippen molar-refractivity contribution < 1.29 is 9.90 Å². The van der Waals surface area contributed by atoms with Crippen LogP contribution in [0, 0.1) is 0 Å². The molecule has 0 saturated carbocycles. The van der Waals surface area contributed by atoms with Crippen LogP contribution in [0.3, 0.4) is 0 Å². The molecule has 0 saturated heterocycles. The van der Waals surface area contributed by atoms with Gasteiger partial charge in [0, 0.05) is 23.6 Å². The third-order valence-electron chi connectivity index (χ3n) is 2.18. The summed E-state index contributed by atoms with van der Waals surface area (Å²) in [6, 6.07) is 3.74. The summed E-state index contributed by atoms with van der Waals surface area (Å²) in [6.45, 7) is 2.08. The molecule has 5 heteroatoms. The summed E-state index contributed by atoms with van der Waals surface area (Å²) in [5.41, 5.74) is 0. The zero-order chi connectivity index (χ0) is 12.7. The zero-order valence-electron chi connectivity index (χ0n) is 9.65. The summed E-state index contributed by atoms with van der Waals surface area (Å²) in [4.78, 5) is 12.5. The third-order valence-corrected chi connectivity index (χ3v) is 3.37. The van der Waals surface area contributed by atoms with E-state index < -0.39 is 0 Å². The van der Waals surface area contributed by atoms with Gasteiger partial charge in [-0.15, -0.1) is 11.3 Å². The number of rotatable bonds is 6. The van der Waals surface area contributed by atoms with Gasteiger partial charge in [0.2, 0.25) is 5.91 Å². The van der Waals surface area contributed by atoms with Crippen LogP contribution in [0.5, 0.6) is 0 Å². The molecule has 3 nitrogen and oxygen atoms in total. The van der Waals surface area contributed by atoms with Crippen LogP contribution in [-0.2, 0) is 4.79 Å². The Bertz CT molecular complexity index is 390. The summed E-state index contributed by atoms with van der Waals surface area (Å²) in [5, 5.41) is 11.5. The molecule has 1 heterocycles. The fourth-order valence-corrected chi connectivity index (χ4v) is 2.30. The molecule has 94 valence electrons. The maximum absolute atomic E-state index is 11.5. The second-order valence-electron chi connectivity index (χ2n) is 3.75. The van der Waals surface area contributed by atoms with Crippen LogP contribution < -0.4 is 5.32 Å². The van der Waals surface area contributed by atoms with E-state index in [0.717, 1.165) is 11.3 Å². The molecule has 0 aliphatic rings. The number of nitrogens with one attached hydrogen (secondary N) is 1. The minimum absolute atomic E-state index is 0.0752. The average molecular weight is 274 g/mol. The first-order valence-electron chi connectivity index (χ1n) is 5.46. The van der Waals surface area contributed by atoms with Crippen molar-refractivity contribution in [3.8, 4) is 0 Å². The van der Waals surface area contributed by atoms with Crippen molar-refractivity contribution in [2.75, 3.05) is 6.61 Å². The number of aliphatic hydroxyl groups excluding tert-OH is 1. The minimum Gasteiger partial charge on any atom is -0.396 e. The van der Waals surface area contributed by atoms with Gasteiger partial charge >= 0.3 is 0 Å². The number of amides is 1. The van der Waals surface area contributed by atoms with Crippen molar-refractivity contribution in [1.82, 2.24) is 5.32 Å². The Labute approximate surface area is 110 Å². The van der Waals surface area contributed by atoms with E-state index in [2.05, 4.69) is 5.32 Å². The molecule has 0 bridgehead atoms. The summed E-state index contributed by atoms with van der Waals surface area (Å²) in [5.74, 6) is -0.125. The van der Waals surface area contributed by atoms with Crippen molar-refractivity contribution in [2.45, 2.75) is 25.8 Å². The lowest BCUT2D eigenvalue weighted by Crippen LogP contribution is -2.31. The highest BCUT2D eigenvalue weighted by Crippen LogP contribution is 2.22. The molecule has 1 amide bonds. The second-order valence-corrected chi connectivity index (χ2v) is 5.50. The van der Waals surface area contributed by atoms with Gasteiger partial charge in [0.25, 0.3) is 0 Å². The van der Waals surface area contributed by atoms with E-state index in [-0.39, 0.29) is 18.6 Å². The molecule has 0 fully saturated rings. The van der Waals surface area contributed by atoms with Crippen molar-refractivity contribution >= 4 is 34.9 Å². The standard InChI is InChI=1S/C12H16ClNO2S/c1-9(3-2-8-15)14-12(16)7-5-10-4-6-11(13)17-10/h4-7,9,15H,2-3,8H2,1H3,(H,14,16). The van der Waals surface area contributed by atoms with Gasteiger partial charge < -0.3 is 10.4 Å². The summed E-state index contributed by atoms with van der Waals surface area (Å²) >= 11 is 7.21. The van der Waals surface area contributed by atoms with Gasteiger partial charge in [0.1, 0.15) is 0 Å². The van der Waals surface area contributed by atoms with Crippen molar-refractivity contribution in [2.24, 2.45) is 0 Å². The smallest absolute Gasteiger partial charge is 0.244 e. The fraction of sp³-hybridized carbons (Fsp3) is 0.417. The van der Waals surface area contributed by atoms with Crippen LogP contribution in [-0.4, -0.2) is 23.7 Å². The molecule has 0 radical (unpaired) electrons. The summed E-state index contributed by atoms with van der Waals surface area (Å²) in [6.07, 6.45) is 4.72. The van der Waals surface area contributed by atoms with Crippen molar-refractivity contribution in [3.05, 3.63) is 27.4 Å². The topological polar surface area (TPSA) is 49.3 Å². The molecule has 1 aromatic heterocycles. The van der Waals surface area contributed by atoms with E-state index in [0.29, 0.717) is 10.8 Å². The van der Waals surface area contributed by atoms with E-state index in [1.807, 2.05) is 13.0 Å². The Morgan fingerprint density at radius 3 is 3.00 bits per heavy atom. The van der Waals surface area contributed by atoms with Gasteiger partial charge in [0.15, 0.2) is 0 Å². The van der Waals surface area contributed by atoms with Crippen LogP contribution in [0.2, 0.25) is 4.34 Å². The van der Waals surface area contributed by atoms with Crippen LogP contribution in [0.4, 0.5) is 0 Å². The normalized spacial score (nSPS) is 12.9. The predicted octanol–water partition coefficient (Wildman–Crippen LogP) is 2.69. The molecule has 17 heavy (non-hydrogen) atoms. The van der Waals surface area contributed by atoms with Gasteiger partial charge in [-0.3, -0.25) is 4.79 Å². The third kappa shape index (κ3) is 5.86. The first kappa shape index (κ1) is 14.2. The Kier molecular flexibility index (Phi) is 6.26. The maximum atomic E-state index is 11.5. The van der Waals surface area contributed by atoms with Gasteiger partial charge in [-0.05, 0) is 38.0 Å². The molecule has 0 spiro atoms. The number of aliphatic hydroxyl groups is 1. The number of thiophene rings is 1. The van der Waals surface area contributed by atoms with E-state index in [4.69, 9.17) is 16.7 Å². The number of halogens is 1. The number of hydrogen-bond acceptors (Lipinski definition) is 3. The average Bonchev–Trinajstić information content (AvgIpc) is 2.70. The molecule has 1 atom stereocenters. The first-order valence-corrected chi connectivity index (χ1v) is 6.66. The van der Waals surface area contributed by atoms with Crippen LogP contribution in [0.25, 0.3) is 6.08 Å². The zero-order valence-corrected chi connectivity index (χ0v) is 11.2. The fourth-order valence-electron chi connectivity index (χ4n) is 1.34. The maximum Gasteiger partial charge on any atom is 0.244 e. The number of hydrogen-bond donors (Lipinski definition) is 2. The number of carbonyl (C=O) groups excluding carboxylic acids is 1. The highest BCUT2D eigenvalue weighted by molar-refractivity contribution is 7.17. The molecular weight excluding hydrogens is 258 g/mol. The van der Waals surface area contributed by atoms with Gasteiger partial charge in [-0.25, -0.2) is 0 Å². The van der Waals surface area contributed by atoms with Gasteiger partial charge in [0.05, 0.1) is 4.34 Å². The van der Waals surface area contributed by atoms with Crippen LogP contribution >= 0.6 is 22.9 Å². The lowest BCUT2D eigenvalue weighted by molar-refractivity contribution is -0.117. The SMILES string of the molecule is CC(CCCO)NC(=O)C=Cc1ccc(Cl)s1. The highest BCUT2D eigenvalue weighted by atomic mass is 35.5. The van der Waals surface area contributed by atoms with E-state index in [9.17, 15) is 4.79 Å². The molecule has 1 aromatic rings. The first-order chi connectivity index (χ1) is 8.11. The van der Waals surface area contributed by atoms with E-state index in [1.165, 1.54) is 17.4 Å². The molecule has 2 N–H and O–H groups in total. The van der Waals surface area contributed by atoms with E-state index in [1.54, 1.807) is 12.1 Å². The molecule has 0 aliphatic heterocycles. The Balaban J connectivity index is 2.36. The van der Waals surface area contributed by atoms with Gasteiger partial charge in [-0.1, -0.05) is 11.6 Å². The monoisotopic (exact) mass is 273 g/mol. The summed E-state index contributed by atoms with van der Waals surface area (Å²) in [7, 11) is 0. The molecule has 0 aromatic carbocycles. The molecular formula is C12H16ClNO2S. The molecule has 1 unspecified atom stereocenters. The largest absolute Gasteiger partial charge is 0.396 e. The van der Waals surface area contributed by atoms with Crippen molar-refractivity contribution in [1.29, 1.82) is 0 Å². The Morgan fingerprint density at radius 2 is 2.41 bits per heavy atom. The van der Waals surface area contributed by atoms with Crippen LogP contribution in [0.15, 0.2) is 18.2 Å². The predicted molar refractivity (Wildman–Crippen MR) is 72.3 cm³/mol. The highest BCUT2D eigenvalue weighted by Gasteiger charge is 2.03. The Morgan fingerprint density at radius 1 is 1.65 bits per heavy atom. The minimum atomic E-state index is -0.125. The number of carbonyl (C=O) groups is 1. The quantitative estimate of drug-likeness (QED) is 0.783. The second kappa shape index (κ2) is 7.48. The lowest BCUT2D eigenvalue weighted by atomic mass is 10.2. The molecule has 0 aliphatic carbocycles. The Hall–Kier alpha value is -0.840. The van der Waals surface area contributed by atoms with Gasteiger partial charge in [-0.2, -0.15) is 0 Å². The van der Waals surface area contributed by atoms with Crippen molar-refractivity contribution in [3.63, 3.8) is 0 Å². The molecule has 1 rings (SSSR count). The lowest BCUT2D eigenvalue weighted by Gasteiger charge is -2.10. The van der Waals surface area contributed by atoms with Crippen LogP contribution in [0.1, 0.15) is 24.6 Å².